The molecule has 1 atom stereocenters. The van der Waals surface area contributed by atoms with Crippen molar-refractivity contribution in [3.05, 3.63) is 103 Å². The molecule has 5 aromatic rings. The number of aromatic nitrogens is 7. The highest BCUT2D eigenvalue weighted by Crippen LogP contribution is 2.21. The molecule has 46 heavy (non-hydrogen) atoms. The van der Waals surface area contributed by atoms with E-state index in [1.54, 1.807) is 53.0 Å². The third-order valence-corrected chi connectivity index (χ3v) is 8.34. The number of nitrogens with one attached hydrogen (secondary N) is 1. The number of nitrogen functional groups attached to an aromatic ring is 1. The molecule has 4 aromatic heterocycles. The first kappa shape index (κ1) is 31.7. The van der Waals surface area contributed by atoms with Crippen LogP contribution in [0.3, 0.4) is 0 Å². The smallest absolute Gasteiger partial charge is 0.262 e. The number of carbonyl (C=O) groups excluding carboxylic acids is 1. The van der Waals surface area contributed by atoms with Crippen molar-refractivity contribution in [3.63, 3.8) is 0 Å². The lowest BCUT2D eigenvalue weighted by Crippen LogP contribution is -2.35. The summed E-state index contributed by atoms with van der Waals surface area (Å²) in [5, 5.41) is 11.8. The summed E-state index contributed by atoms with van der Waals surface area (Å²) >= 11 is 0. The number of terminal acetylenes is 1. The number of nitrogens with two attached hydrogens (primary N) is 1. The lowest BCUT2D eigenvalue weighted by Gasteiger charge is -2.21. The fraction of sp³-hybridized carbons (Fsp3) is 0.161. The third-order valence-electron chi connectivity index (χ3n) is 8.34. The van der Waals surface area contributed by atoms with Gasteiger partial charge in [-0.15, -0.1) is 17.0 Å². The van der Waals surface area contributed by atoms with Crippen LogP contribution in [0.5, 0.6) is 0 Å². The summed E-state index contributed by atoms with van der Waals surface area (Å²) in [5.74, 6) is 8.94. The Morgan fingerprint density at radius 3 is 2.57 bits per heavy atom. The van der Waals surface area contributed by atoms with Crippen LogP contribution in [0.4, 0.5) is 5.82 Å². The number of aryl methyl sites for hydroxylation is 1. The van der Waals surface area contributed by atoms with E-state index in [4.69, 9.17) is 17.1 Å². The second kappa shape index (κ2) is 12.7. The molecule has 0 bridgehead atoms. The molecule has 0 fully saturated rings. The molecule has 1 amide bonds. The van der Waals surface area contributed by atoms with Crippen molar-refractivity contribution in [1.82, 2.24) is 39.2 Å². The number of hydrogen-bond acceptors (Lipinski definition) is 7. The van der Waals surface area contributed by atoms with Crippen molar-refractivity contribution in [3.8, 4) is 24.2 Å². The Morgan fingerprint density at radius 1 is 1.13 bits per heavy atom. The molecule has 11 nitrogen and oxygen atoms in total. The molecular weight excluding hydrogens is 574 g/mol. The van der Waals surface area contributed by atoms with Gasteiger partial charge in [0.15, 0.2) is 11.5 Å². The molecule has 0 aliphatic rings. The monoisotopic (exact) mass is 605 g/mol. The topological polar surface area (TPSA) is 138 Å². The molecule has 0 aliphatic carbocycles. The average Bonchev–Trinajstić information content (AvgIpc) is 3.56. The molecule has 15 heteroatoms. The molecule has 0 radical (unpaired) electrons. The molecule has 5 rings (SSSR count). The minimum atomic E-state index is -0.701. The minimum absolute atomic E-state index is 0.0416. The summed E-state index contributed by atoms with van der Waals surface area (Å²) in [4.78, 5) is 37.2. The Morgan fingerprint density at radius 2 is 1.87 bits per heavy atom. The standard InChI is InChI=1S/C31H31B4N9O2/c1-5-20(32)25(34)26(35)21(33)15-43-28(16(2)39-30(45)24-27(36)41-44-13-7-12-37-29(24)44)40-22-9-6-8-18(23(22)31(43)46)10-11-19-14-38-42(4)17(19)3/h1,6-9,12-14,16H,15,32-35H2,2-4H3,(H2,36,41)(H,39,45)/b25-20-,26-21-. The number of nitrogens with zero attached hydrogens (tertiary/aromatic N) is 7. The Labute approximate surface area is 270 Å². The molecule has 224 valence electrons. The maximum atomic E-state index is 14.4. The Kier molecular flexibility index (Phi) is 8.79. The first-order valence-electron chi connectivity index (χ1n) is 14.7. The zero-order valence-corrected chi connectivity index (χ0v) is 26.9. The largest absolute Gasteiger partial charge is 0.381 e. The second-order valence-corrected chi connectivity index (χ2v) is 11.2. The van der Waals surface area contributed by atoms with E-state index in [0.717, 1.165) is 33.1 Å². The molecule has 1 aromatic carbocycles. The summed E-state index contributed by atoms with van der Waals surface area (Å²) in [5.41, 5.74) is 12.6. The SMILES string of the molecule is B/C(C#C)=C(B)/C(B)=C(/B)Cn1c(C(C)NC(=O)c2c(N)nn3cccnc23)nc2cccc(C#Cc3cnn(C)c3C)c2c1=O. The van der Waals surface area contributed by atoms with Crippen LogP contribution in [0, 0.1) is 31.1 Å². The van der Waals surface area contributed by atoms with Gasteiger partial charge in [-0.3, -0.25) is 18.8 Å². The van der Waals surface area contributed by atoms with Crippen molar-refractivity contribution in [1.29, 1.82) is 0 Å². The molecule has 0 spiro atoms. The van der Waals surface area contributed by atoms with Crippen molar-refractivity contribution in [2.75, 3.05) is 5.73 Å². The number of anilines is 1. The molecule has 1 unspecified atom stereocenters. The fourth-order valence-electron chi connectivity index (χ4n) is 5.14. The van der Waals surface area contributed by atoms with E-state index in [1.165, 1.54) is 4.52 Å². The van der Waals surface area contributed by atoms with Gasteiger partial charge in [0, 0.05) is 31.5 Å². The van der Waals surface area contributed by atoms with E-state index >= 15 is 0 Å². The van der Waals surface area contributed by atoms with Crippen LogP contribution in [-0.2, 0) is 13.6 Å². The van der Waals surface area contributed by atoms with E-state index < -0.39 is 11.9 Å². The van der Waals surface area contributed by atoms with Gasteiger partial charge in [0.2, 0.25) is 0 Å². The van der Waals surface area contributed by atoms with Gasteiger partial charge in [0.1, 0.15) is 42.8 Å². The zero-order chi connectivity index (χ0) is 33.3. The van der Waals surface area contributed by atoms with E-state index in [9.17, 15) is 9.59 Å². The van der Waals surface area contributed by atoms with Crippen LogP contribution in [0.1, 0.15) is 46.0 Å². The van der Waals surface area contributed by atoms with Gasteiger partial charge in [-0.1, -0.05) is 34.8 Å². The van der Waals surface area contributed by atoms with Gasteiger partial charge in [0.25, 0.3) is 11.5 Å². The second-order valence-electron chi connectivity index (χ2n) is 11.2. The number of allylic oxidation sites excluding steroid dienone is 4. The number of hydrogen-bond donors (Lipinski definition) is 2. The van der Waals surface area contributed by atoms with E-state index in [-0.39, 0.29) is 23.5 Å². The molecule has 0 aliphatic heterocycles. The zero-order valence-electron chi connectivity index (χ0n) is 26.9. The van der Waals surface area contributed by atoms with E-state index in [2.05, 4.69) is 38.3 Å². The van der Waals surface area contributed by atoms with Gasteiger partial charge >= 0.3 is 0 Å². The number of benzene rings is 1. The van der Waals surface area contributed by atoms with E-state index in [1.807, 2.05) is 51.4 Å². The van der Waals surface area contributed by atoms with Gasteiger partial charge in [-0.05, 0) is 37.5 Å². The number of amides is 1. The highest BCUT2D eigenvalue weighted by Gasteiger charge is 2.24. The average molecular weight is 605 g/mol. The highest BCUT2D eigenvalue weighted by atomic mass is 16.2. The van der Waals surface area contributed by atoms with Crippen LogP contribution >= 0.6 is 0 Å². The van der Waals surface area contributed by atoms with Gasteiger partial charge in [-0.2, -0.15) is 5.10 Å². The molecule has 0 saturated carbocycles. The van der Waals surface area contributed by atoms with Gasteiger partial charge in [-0.25, -0.2) is 14.5 Å². The molecule has 0 saturated heterocycles. The van der Waals surface area contributed by atoms with Gasteiger partial charge in [0.05, 0.1) is 34.4 Å². The van der Waals surface area contributed by atoms with Crippen LogP contribution in [0.15, 0.2) is 69.5 Å². The van der Waals surface area contributed by atoms with E-state index in [0.29, 0.717) is 27.9 Å². The Bertz CT molecular complexity index is 2280. The summed E-state index contributed by atoms with van der Waals surface area (Å²) in [6, 6.07) is 6.37. The maximum absolute atomic E-state index is 14.4. The molecular formula is C31H31B4N9O2. The minimum Gasteiger partial charge on any atom is -0.381 e. The highest BCUT2D eigenvalue weighted by molar-refractivity contribution is 6.44. The number of carbonyl (C=O) groups is 1. The summed E-state index contributed by atoms with van der Waals surface area (Å²) in [6.07, 6.45) is 10.6. The number of fused-ring (bicyclic) bond motifs is 2. The van der Waals surface area contributed by atoms with Crippen molar-refractivity contribution < 1.29 is 4.79 Å². The predicted molar refractivity (Wildman–Crippen MR) is 190 cm³/mol. The first-order chi connectivity index (χ1) is 21.9. The summed E-state index contributed by atoms with van der Waals surface area (Å²) in [6.45, 7) is 3.91. The van der Waals surface area contributed by atoms with Crippen molar-refractivity contribution in [2.45, 2.75) is 26.4 Å². The predicted octanol–water partition coefficient (Wildman–Crippen LogP) is -1.46. The van der Waals surface area contributed by atoms with Gasteiger partial charge < -0.3 is 11.1 Å². The summed E-state index contributed by atoms with van der Waals surface area (Å²) in [7, 11) is 9.62. The van der Waals surface area contributed by atoms with Crippen LogP contribution in [0.2, 0.25) is 0 Å². The van der Waals surface area contributed by atoms with Crippen LogP contribution in [0.25, 0.3) is 16.6 Å². The normalized spacial score (nSPS) is 12.9. The van der Waals surface area contributed by atoms with Crippen molar-refractivity contribution in [2.24, 2.45) is 7.05 Å². The molecule has 4 heterocycles. The quantitative estimate of drug-likeness (QED) is 0.137. The Hall–Kier alpha value is -5.68. The van der Waals surface area contributed by atoms with Crippen LogP contribution < -0.4 is 16.6 Å². The number of rotatable bonds is 6. The fourth-order valence-corrected chi connectivity index (χ4v) is 5.14. The summed E-state index contributed by atoms with van der Waals surface area (Å²) < 4.78 is 4.78. The third kappa shape index (κ3) is 5.87. The van der Waals surface area contributed by atoms with Crippen molar-refractivity contribution >= 4 is 59.7 Å². The van der Waals surface area contributed by atoms with Crippen LogP contribution in [-0.4, -0.2) is 71.2 Å². The maximum Gasteiger partial charge on any atom is 0.262 e. The lowest BCUT2D eigenvalue weighted by molar-refractivity contribution is 0.0939. The lowest BCUT2D eigenvalue weighted by atomic mass is 9.66. The molecule has 3 N–H and O–H groups in total. The first-order valence-corrected chi connectivity index (χ1v) is 14.7. The Balaban J connectivity index is 1.66.